The van der Waals surface area contributed by atoms with E-state index in [4.69, 9.17) is 4.74 Å². The number of nitrogens with zero attached hydrogens (tertiary/aromatic N) is 4. The molecule has 25 heavy (non-hydrogen) atoms. The van der Waals surface area contributed by atoms with Crippen molar-refractivity contribution in [3.05, 3.63) is 34.7 Å². The van der Waals surface area contributed by atoms with Gasteiger partial charge in [-0.1, -0.05) is 13.8 Å². The Morgan fingerprint density at radius 1 is 1.44 bits per heavy atom. The molecule has 3 rings (SSSR count). The van der Waals surface area contributed by atoms with E-state index in [0.29, 0.717) is 25.5 Å². The molecule has 0 aliphatic carbocycles. The zero-order chi connectivity index (χ0) is 18.1. The van der Waals surface area contributed by atoms with Gasteiger partial charge in [-0.25, -0.2) is 4.98 Å². The Morgan fingerprint density at radius 2 is 2.20 bits per heavy atom. The minimum atomic E-state index is -0.257. The highest BCUT2D eigenvalue weighted by molar-refractivity contribution is 5.95. The molecule has 0 bridgehead atoms. The first-order valence-electron chi connectivity index (χ1n) is 8.92. The van der Waals surface area contributed by atoms with E-state index in [1.54, 1.807) is 0 Å². The predicted octanol–water partition coefficient (Wildman–Crippen LogP) is 2.58. The zero-order valence-electron chi connectivity index (χ0n) is 15.7. The van der Waals surface area contributed by atoms with Gasteiger partial charge in [-0.2, -0.15) is 5.10 Å². The highest BCUT2D eigenvalue weighted by Gasteiger charge is 2.30. The van der Waals surface area contributed by atoms with E-state index >= 15 is 0 Å². The second-order valence-corrected chi connectivity index (χ2v) is 6.87. The van der Waals surface area contributed by atoms with Crippen LogP contribution in [0.3, 0.4) is 0 Å². The van der Waals surface area contributed by atoms with Crippen molar-refractivity contribution in [3.8, 4) is 0 Å². The number of carbonyl (C=O) groups is 1. The summed E-state index contributed by atoms with van der Waals surface area (Å²) < 4.78 is 7.98. The van der Waals surface area contributed by atoms with E-state index in [1.165, 1.54) is 0 Å². The van der Waals surface area contributed by atoms with Gasteiger partial charge in [-0.3, -0.25) is 9.89 Å². The van der Waals surface area contributed by atoms with Crippen molar-refractivity contribution < 1.29 is 9.53 Å². The molecular formula is C18H27N5O2. The zero-order valence-corrected chi connectivity index (χ0v) is 15.7. The number of rotatable bonds is 4. The van der Waals surface area contributed by atoms with Gasteiger partial charge in [-0.05, 0) is 26.8 Å². The van der Waals surface area contributed by atoms with Gasteiger partial charge in [0.1, 0.15) is 6.10 Å². The van der Waals surface area contributed by atoms with Crippen molar-refractivity contribution in [2.24, 2.45) is 0 Å². The largest absolute Gasteiger partial charge is 0.367 e. The molecule has 1 atom stereocenters. The number of aromatic amines is 1. The standard InChI is InChI=1S/C18H27N5O2/c1-6-23-12(4)9-14(13(23)5)18(24)22-7-8-25-15(10-22)17-19-16(11(2)3)20-21-17/h9,11,15H,6-8,10H2,1-5H3,(H,19,20,21). The summed E-state index contributed by atoms with van der Waals surface area (Å²) in [6.07, 6.45) is -0.257. The second-order valence-electron chi connectivity index (χ2n) is 6.87. The monoisotopic (exact) mass is 345 g/mol. The lowest BCUT2D eigenvalue weighted by molar-refractivity contribution is -0.0267. The van der Waals surface area contributed by atoms with Gasteiger partial charge in [0.15, 0.2) is 11.6 Å². The maximum Gasteiger partial charge on any atom is 0.255 e. The van der Waals surface area contributed by atoms with Crippen molar-refractivity contribution in [3.63, 3.8) is 0 Å². The topological polar surface area (TPSA) is 76.0 Å². The average Bonchev–Trinajstić information content (AvgIpc) is 3.19. The summed E-state index contributed by atoms with van der Waals surface area (Å²) in [5.41, 5.74) is 2.92. The van der Waals surface area contributed by atoms with Crippen LogP contribution in [0.4, 0.5) is 0 Å². The molecule has 1 fully saturated rings. The summed E-state index contributed by atoms with van der Waals surface area (Å²) in [5, 5.41) is 7.20. The predicted molar refractivity (Wildman–Crippen MR) is 94.6 cm³/mol. The first-order valence-corrected chi connectivity index (χ1v) is 8.92. The number of carbonyl (C=O) groups excluding carboxylic acids is 1. The molecule has 0 saturated carbocycles. The molecule has 2 aromatic rings. The van der Waals surface area contributed by atoms with Crippen LogP contribution in [0.25, 0.3) is 0 Å². The van der Waals surface area contributed by atoms with E-state index in [2.05, 4.69) is 26.7 Å². The highest BCUT2D eigenvalue weighted by atomic mass is 16.5. The summed E-state index contributed by atoms with van der Waals surface area (Å²) in [5.74, 6) is 1.78. The molecule has 1 aliphatic rings. The van der Waals surface area contributed by atoms with Crippen LogP contribution in [0.1, 0.15) is 66.2 Å². The van der Waals surface area contributed by atoms with Gasteiger partial charge in [0.05, 0.1) is 18.7 Å². The Hall–Kier alpha value is -2.15. The fourth-order valence-corrected chi connectivity index (χ4v) is 3.36. The average molecular weight is 345 g/mol. The van der Waals surface area contributed by atoms with Crippen molar-refractivity contribution >= 4 is 5.91 Å². The molecule has 0 aromatic carbocycles. The lowest BCUT2D eigenvalue weighted by Gasteiger charge is -2.32. The van der Waals surface area contributed by atoms with E-state index in [-0.39, 0.29) is 17.9 Å². The van der Waals surface area contributed by atoms with Crippen LogP contribution in [0.2, 0.25) is 0 Å². The minimum absolute atomic E-state index is 0.0599. The molecule has 7 nitrogen and oxygen atoms in total. The number of hydrogen-bond acceptors (Lipinski definition) is 4. The van der Waals surface area contributed by atoms with E-state index in [0.717, 1.165) is 29.3 Å². The maximum absolute atomic E-state index is 13.0. The molecule has 2 aromatic heterocycles. The summed E-state index contributed by atoms with van der Waals surface area (Å²) in [7, 11) is 0. The van der Waals surface area contributed by atoms with Crippen LogP contribution in [0.15, 0.2) is 6.07 Å². The van der Waals surface area contributed by atoms with Crippen molar-refractivity contribution in [2.75, 3.05) is 19.7 Å². The van der Waals surface area contributed by atoms with Gasteiger partial charge in [0.25, 0.3) is 5.91 Å². The third-order valence-electron chi connectivity index (χ3n) is 4.82. The van der Waals surface area contributed by atoms with Gasteiger partial charge < -0.3 is 14.2 Å². The fourth-order valence-electron chi connectivity index (χ4n) is 3.36. The number of aryl methyl sites for hydroxylation is 1. The molecular weight excluding hydrogens is 318 g/mol. The first kappa shape index (κ1) is 17.7. The Morgan fingerprint density at radius 3 is 2.80 bits per heavy atom. The molecule has 0 radical (unpaired) electrons. The van der Waals surface area contributed by atoms with Crippen molar-refractivity contribution in [1.82, 2.24) is 24.6 Å². The number of nitrogens with one attached hydrogen (secondary N) is 1. The highest BCUT2D eigenvalue weighted by Crippen LogP contribution is 2.24. The van der Waals surface area contributed by atoms with Crippen LogP contribution in [0.5, 0.6) is 0 Å². The molecule has 1 amide bonds. The van der Waals surface area contributed by atoms with Crippen molar-refractivity contribution in [2.45, 2.75) is 53.2 Å². The van der Waals surface area contributed by atoms with Crippen LogP contribution < -0.4 is 0 Å². The van der Waals surface area contributed by atoms with Crippen LogP contribution in [-0.2, 0) is 11.3 Å². The molecule has 136 valence electrons. The minimum Gasteiger partial charge on any atom is -0.367 e. The van der Waals surface area contributed by atoms with Crippen LogP contribution >= 0.6 is 0 Å². The van der Waals surface area contributed by atoms with Crippen LogP contribution in [0, 0.1) is 13.8 Å². The number of H-pyrrole nitrogens is 1. The lowest BCUT2D eigenvalue weighted by Crippen LogP contribution is -2.42. The molecule has 0 spiro atoms. The number of morpholine rings is 1. The third kappa shape index (κ3) is 3.33. The van der Waals surface area contributed by atoms with Crippen molar-refractivity contribution in [1.29, 1.82) is 0 Å². The molecule has 7 heteroatoms. The summed E-state index contributed by atoms with van der Waals surface area (Å²) in [6.45, 7) is 12.7. The third-order valence-corrected chi connectivity index (χ3v) is 4.82. The van der Waals surface area contributed by atoms with Gasteiger partial charge in [0.2, 0.25) is 0 Å². The van der Waals surface area contributed by atoms with Gasteiger partial charge >= 0.3 is 0 Å². The quantitative estimate of drug-likeness (QED) is 0.924. The Kier molecular flexibility index (Phi) is 4.94. The number of ether oxygens (including phenoxy) is 1. The second kappa shape index (κ2) is 7.00. The Labute approximate surface area is 148 Å². The molecule has 1 unspecified atom stereocenters. The maximum atomic E-state index is 13.0. The Bertz CT molecular complexity index is 762. The van der Waals surface area contributed by atoms with E-state index < -0.39 is 0 Å². The molecule has 1 N–H and O–H groups in total. The summed E-state index contributed by atoms with van der Waals surface area (Å²) in [6, 6.07) is 1.98. The van der Waals surface area contributed by atoms with Crippen LogP contribution in [-0.4, -0.2) is 50.3 Å². The number of amides is 1. The fraction of sp³-hybridized carbons (Fsp3) is 0.611. The smallest absolute Gasteiger partial charge is 0.255 e. The SMILES string of the molecule is CCn1c(C)cc(C(=O)N2CCOC(c3nc(C(C)C)n[nH]3)C2)c1C. The number of hydrogen-bond donors (Lipinski definition) is 1. The number of aromatic nitrogens is 4. The normalized spacial score (nSPS) is 18.2. The van der Waals surface area contributed by atoms with E-state index in [9.17, 15) is 4.79 Å². The molecule has 3 heterocycles. The molecule has 1 saturated heterocycles. The lowest BCUT2D eigenvalue weighted by atomic mass is 10.1. The van der Waals surface area contributed by atoms with Gasteiger partial charge in [0, 0.05) is 30.4 Å². The Balaban J connectivity index is 1.77. The summed E-state index contributed by atoms with van der Waals surface area (Å²) >= 11 is 0. The van der Waals surface area contributed by atoms with Gasteiger partial charge in [-0.15, -0.1) is 0 Å². The first-order chi connectivity index (χ1) is 11.9. The molecule has 1 aliphatic heterocycles. The summed E-state index contributed by atoms with van der Waals surface area (Å²) in [4.78, 5) is 19.4. The van der Waals surface area contributed by atoms with E-state index in [1.807, 2.05) is 38.7 Å².